The van der Waals surface area contributed by atoms with Gasteiger partial charge >= 0.3 is 0 Å². The molecule has 0 saturated heterocycles. The van der Waals surface area contributed by atoms with Crippen molar-refractivity contribution < 1.29 is 14.4 Å². The molecule has 0 aromatic heterocycles. The molecule has 2 unspecified atom stereocenters. The zero-order valence-corrected chi connectivity index (χ0v) is 17.8. The van der Waals surface area contributed by atoms with Crippen LogP contribution in [-0.4, -0.2) is 17.5 Å². The molecule has 2 aromatic rings. The molecule has 1 amide bonds. The molecule has 2 aromatic carbocycles. The van der Waals surface area contributed by atoms with Gasteiger partial charge < -0.3 is 5.32 Å². The highest BCUT2D eigenvalue weighted by atomic mass is 16.2. The van der Waals surface area contributed by atoms with E-state index in [4.69, 9.17) is 0 Å². The number of carbonyl (C=O) groups is 3. The van der Waals surface area contributed by atoms with Crippen molar-refractivity contribution in [3.05, 3.63) is 70.3 Å². The lowest BCUT2D eigenvalue weighted by Gasteiger charge is -2.27. The second-order valence-corrected chi connectivity index (χ2v) is 8.76. The van der Waals surface area contributed by atoms with E-state index in [9.17, 15) is 14.4 Å². The summed E-state index contributed by atoms with van der Waals surface area (Å²) in [6.45, 7) is 9.76. The highest BCUT2D eigenvalue weighted by molar-refractivity contribution is 6.15. The Morgan fingerprint density at radius 2 is 1.62 bits per heavy atom. The van der Waals surface area contributed by atoms with Crippen LogP contribution in [0.15, 0.2) is 42.5 Å². The first kappa shape index (κ1) is 21.0. The van der Waals surface area contributed by atoms with Crippen LogP contribution >= 0.6 is 0 Å². The SMILES string of the molecule is Cc1cc(C)c(C2C(=O)CC(CC(=O)NC(C)(C)c3ccccc3)C2=O)c(C)c1. The van der Waals surface area contributed by atoms with Crippen LogP contribution < -0.4 is 5.32 Å². The van der Waals surface area contributed by atoms with Gasteiger partial charge in [-0.15, -0.1) is 0 Å². The molecule has 0 heterocycles. The quantitative estimate of drug-likeness (QED) is 0.773. The minimum atomic E-state index is -0.740. The lowest BCUT2D eigenvalue weighted by atomic mass is 9.86. The molecule has 1 aliphatic carbocycles. The molecular formula is C25H29NO3. The molecule has 4 nitrogen and oxygen atoms in total. The summed E-state index contributed by atoms with van der Waals surface area (Å²) in [5.41, 5.74) is 4.30. The Labute approximate surface area is 172 Å². The van der Waals surface area contributed by atoms with Gasteiger partial charge in [-0.3, -0.25) is 14.4 Å². The number of benzene rings is 2. The molecule has 2 atom stereocenters. The molecule has 3 rings (SSSR count). The minimum Gasteiger partial charge on any atom is -0.347 e. The predicted octanol–water partition coefficient (Wildman–Crippen LogP) is 4.30. The number of Topliss-reactive ketones (excluding diaryl/α,β-unsaturated/α-hetero) is 2. The second-order valence-electron chi connectivity index (χ2n) is 8.76. The van der Waals surface area contributed by atoms with Gasteiger partial charge in [0.05, 0.1) is 5.54 Å². The number of amides is 1. The lowest BCUT2D eigenvalue weighted by Crippen LogP contribution is -2.41. The van der Waals surface area contributed by atoms with Gasteiger partial charge in [-0.2, -0.15) is 0 Å². The fourth-order valence-electron chi connectivity index (χ4n) is 4.53. The number of rotatable bonds is 5. The Bertz CT molecular complexity index is 936. The van der Waals surface area contributed by atoms with Crippen LogP contribution in [0.2, 0.25) is 0 Å². The zero-order chi connectivity index (χ0) is 21.3. The summed E-state index contributed by atoms with van der Waals surface area (Å²) in [4.78, 5) is 38.5. The molecule has 0 radical (unpaired) electrons. The highest BCUT2D eigenvalue weighted by Gasteiger charge is 2.44. The molecule has 1 N–H and O–H groups in total. The Balaban J connectivity index is 1.74. The summed E-state index contributed by atoms with van der Waals surface area (Å²) in [5.74, 6) is -1.71. The fourth-order valence-corrected chi connectivity index (χ4v) is 4.53. The van der Waals surface area contributed by atoms with E-state index in [-0.39, 0.29) is 30.3 Å². The topological polar surface area (TPSA) is 63.2 Å². The van der Waals surface area contributed by atoms with E-state index in [0.717, 1.165) is 27.8 Å². The van der Waals surface area contributed by atoms with Gasteiger partial charge in [0.2, 0.25) is 5.91 Å². The molecule has 1 saturated carbocycles. The van der Waals surface area contributed by atoms with E-state index >= 15 is 0 Å². The fraction of sp³-hybridized carbons (Fsp3) is 0.400. The first-order chi connectivity index (χ1) is 13.6. The summed E-state index contributed by atoms with van der Waals surface area (Å²) in [5, 5.41) is 3.02. The summed E-state index contributed by atoms with van der Waals surface area (Å²) in [6.07, 6.45) is 0.177. The van der Waals surface area contributed by atoms with Crippen molar-refractivity contribution >= 4 is 17.5 Å². The molecule has 1 fully saturated rings. The van der Waals surface area contributed by atoms with Crippen molar-refractivity contribution in [2.75, 3.05) is 0 Å². The number of nitrogens with one attached hydrogen (secondary N) is 1. The Morgan fingerprint density at radius 3 is 2.21 bits per heavy atom. The number of aryl methyl sites for hydroxylation is 3. The van der Waals surface area contributed by atoms with E-state index in [1.807, 2.05) is 77.1 Å². The molecule has 0 spiro atoms. The molecule has 0 aliphatic heterocycles. The summed E-state index contributed by atoms with van der Waals surface area (Å²) >= 11 is 0. The number of hydrogen-bond acceptors (Lipinski definition) is 3. The molecule has 29 heavy (non-hydrogen) atoms. The van der Waals surface area contributed by atoms with E-state index < -0.39 is 17.4 Å². The lowest BCUT2D eigenvalue weighted by molar-refractivity contribution is -0.129. The molecular weight excluding hydrogens is 362 g/mol. The largest absolute Gasteiger partial charge is 0.347 e. The van der Waals surface area contributed by atoms with Gasteiger partial charge in [-0.1, -0.05) is 48.0 Å². The number of hydrogen-bond donors (Lipinski definition) is 1. The Kier molecular flexibility index (Phi) is 5.74. The number of ketones is 2. The van der Waals surface area contributed by atoms with Gasteiger partial charge in [-0.05, 0) is 56.9 Å². The normalized spacial score (nSPS) is 19.5. The van der Waals surface area contributed by atoms with Gasteiger partial charge in [0.15, 0.2) is 5.78 Å². The van der Waals surface area contributed by atoms with Crippen LogP contribution in [0.25, 0.3) is 0 Å². The van der Waals surface area contributed by atoms with Gasteiger partial charge in [0.1, 0.15) is 11.7 Å². The van der Waals surface area contributed by atoms with Crippen LogP contribution in [0.1, 0.15) is 60.4 Å². The van der Waals surface area contributed by atoms with Gasteiger partial charge in [-0.25, -0.2) is 0 Å². The van der Waals surface area contributed by atoms with Crippen molar-refractivity contribution in [3.8, 4) is 0 Å². The summed E-state index contributed by atoms with van der Waals surface area (Å²) < 4.78 is 0. The Morgan fingerprint density at radius 1 is 1.03 bits per heavy atom. The van der Waals surface area contributed by atoms with Crippen LogP contribution in [-0.2, 0) is 19.9 Å². The smallest absolute Gasteiger partial charge is 0.221 e. The van der Waals surface area contributed by atoms with Crippen LogP contribution in [0.3, 0.4) is 0 Å². The van der Waals surface area contributed by atoms with Crippen molar-refractivity contribution in [2.24, 2.45) is 5.92 Å². The van der Waals surface area contributed by atoms with Crippen LogP contribution in [0.4, 0.5) is 0 Å². The molecule has 1 aliphatic rings. The first-order valence-electron chi connectivity index (χ1n) is 10.1. The van der Waals surface area contributed by atoms with Crippen molar-refractivity contribution in [3.63, 3.8) is 0 Å². The van der Waals surface area contributed by atoms with E-state index in [0.29, 0.717) is 0 Å². The minimum absolute atomic E-state index is 0.0429. The van der Waals surface area contributed by atoms with Crippen LogP contribution in [0.5, 0.6) is 0 Å². The second kappa shape index (κ2) is 7.94. The van der Waals surface area contributed by atoms with Gasteiger partial charge in [0.25, 0.3) is 0 Å². The number of carbonyl (C=O) groups excluding carboxylic acids is 3. The van der Waals surface area contributed by atoms with Crippen molar-refractivity contribution in [1.29, 1.82) is 0 Å². The predicted molar refractivity (Wildman–Crippen MR) is 114 cm³/mol. The third kappa shape index (κ3) is 4.31. The first-order valence-corrected chi connectivity index (χ1v) is 10.1. The van der Waals surface area contributed by atoms with E-state index in [1.165, 1.54) is 0 Å². The van der Waals surface area contributed by atoms with Crippen molar-refractivity contribution in [2.45, 2.75) is 58.9 Å². The van der Waals surface area contributed by atoms with Gasteiger partial charge in [0, 0.05) is 18.8 Å². The average Bonchev–Trinajstić information content (AvgIpc) is 2.89. The van der Waals surface area contributed by atoms with E-state index in [1.54, 1.807) is 0 Å². The summed E-state index contributed by atoms with van der Waals surface area (Å²) in [7, 11) is 0. The Hall–Kier alpha value is -2.75. The monoisotopic (exact) mass is 391 g/mol. The molecule has 152 valence electrons. The molecule has 4 heteroatoms. The average molecular weight is 392 g/mol. The van der Waals surface area contributed by atoms with E-state index in [2.05, 4.69) is 5.32 Å². The third-order valence-corrected chi connectivity index (χ3v) is 5.86. The standard InChI is InChI=1S/C25H29NO3/c1-15-11-16(2)22(17(3)12-15)23-20(27)13-18(24(23)29)14-21(28)26-25(4,5)19-9-7-6-8-10-19/h6-12,18,23H,13-14H2,1-5H3,(H,26,28). The van der Waals surface area contributed by atoms with Crippen LogP contribution in [0, 0.1) is 26.7 Å². The zero-order valence-electron chi connectivity index (χ0n) is 17.8. The third-order valence-electron chi connectivity index (χ3n) is 5.86. The maximum atomic E-state index is 13.1. The molecule has 0 bridgehead atoms. The summed E-state index contributed by atoms with van der Waals surface area (Å²) in [6, 6.07) is 13.7. The maximum Gasteiger partial charge on any atom is 0.221 e. The van der Waals surface area contributed by atoms with Crippen molar-refractivity contribution in [1.82, 2.24) is 5.32 Å². The highest BCUT2D eigenvalue weighted by Crippen LogP contribution is 2.37. The maximum absolute atomic E-state index is 13.1.